The van der Waals surface area contributed by atoms with E-state index < -0.39 is 16.1 Å². The highest BCUT2D eigenvalue weighted by Gasteiger charge is 2.27. The lowest BCUT2D eigenvalue weighted by Gasteiger charge is -2.22. The number of benzene rings is 1. The van der Waals surface area contributed by atoms with Crippen molar-refractivity contribution >= 4 is 27.5 Å². The van der Waals surface area contributed by atoms with Crippen molar-refractivity contribution in [3.05, 3.63) is 28.8 Å². The third kappa shape index (κ3) is 3.26. The normalized spacial score (nSPS) is 20.1. The average molecular weight is 303 g/mol. The van der Waals surface area contributed by atoms with Gasteiger partial charge >= 0.3 is 0 Å². The van der Waals surface area contributed by atoms with Gasteiger partial charge in [-0.3, -0.25) is 4.79 Å². The molecule has 1 amide bonds. The van der Waals surface area contributed by atoms with Crippen molar-refractivity contribution in [2.45, 2.75) is 30.7 Å². The van der Waals surface area contributed by atoms with Crippen LogP contribution in [0.25, 0.3) is 0 Å². The minimum atomic E-state index is -3.73. The first-order valence-corrected chi connectivity index (χ1v) is 7.82. The molecule has 0 radical (unpaired) electrons. The number of sulfonamides is 1. The van der Waals surface area contributed by atoms with E-state index in [1.54, 1.807) is 13.0 Å². The molecule has 1 aromatic carbocycles. The summed E-state index contributed by atoms with van der Waals surface area (Å²) < 4.78 is 26.7. The second-order valence-corrected chi connectivity index (χ2v) is 6.64. The maximum atomic E-state index is 12.2. The van der Waals surface area contributed by atoms with Gasteiger partial charge < -0.3 is 5.32 Å². The van der Waals surface area contributed by atoms with E-state index in [2.05, 4.69) is 10.0 Å². The highest BCUT2D eigenvalue weighted by Crippen LogP contribution is 2.20. The predicted molar refractivity (Wildman–Crippen MR) is 72.5 cm³/mol. The molecule has 104 valence electrons. The van der Waals surface area contributed by atoms with E-state index >= 15 is 0 Å². The van der Waals surface area contributed by atoms with Crippen LogP contribution in [0.5, 0.6) is 0 Å². The fourth-order valence-corrected chi connectivity index (χ4v) is 3.38. The lowest BCUT2D eigenvalue weighted by Crippen LogP contribution is -2.50. The molecule has 0 aromatic heterocycles. The zero-order valence-electron chi connectivity index (χ0n) is 10.4. The van der Waals surface area contributed by atoms with Crippen molar-refractivity contribution in [2.24, 2.45) is 0 Å². The van der Waals surface area contributed by atoms with Crippen LogP contribution in [-0.4, -0.2) is 26.9 Å². The number of rotatable bonds is 3. The number of halogens is 1. The smallest absolute Gasteiger partial charge is 0.241 e. The van der Waals surface area contributed by atoms with Gasteiger partial charge in [0.05, 0.1) is 4.90 Å². The quantitative estimate of drug-likeness (QED) is 0.881. The van der Waals surface area contributed by atoms with Crippen molar-refractivity contribution in [3.8, 4) is 0 Å². The van der Waals surface area contributed by atoms with Gasteiger partial charge in [-0.15, -0.1) is 0 Å². The summed E-state index contributed by atoms with van der Waals surface area (Å²) in [6, 6.07) is 3.79. The average Bonchev–Trinajstić information content (AvgIpc) is 2.35. The Kier molecular flexibility index (Phi) is 4.13. The van der Waals surface area contributed by atoms with Gasteiger partial charge in [0.2, 0.25) is 15.9 Å². The van der Waals surface area contributed by atoms with E-state index in [4.69, 9.17) is 11.6 Å². The first-order valence-electron chi connectivity index (χ1n) is 5.96. The van der Waals surface area contributed by atoms with Crippen LogP contribution < -0.4 is 10.0 Å². The van der Waals surface area contributed by atoms with Crippen molar-refractivity contribution in [3.63, 3.8) is 0 Å². The number of carbonyl (C=O) groups excluding carboxylic acids is 1. The molecule has 1 aliphatic rings. The first kappa shape index (κ1) is 14.3. The summed E-state index contributed by atoms with van der Waals surface area (Å²) >= 11 is 5.92. The van der Waals surface area contributed by atoms with Crippen molar-refractivity contribution in [1.82, 2.24) is 10.0 Å². The van der Waals surface area contributed by atoms with Crippen LogP contribution in [0.3, 0.4) is 0 Å². The van der Waals surface area contributed by atoms with Crippen LogP contribution in [0.1, 0.15) is 18.4 Å². The van der Waals surface area contributed by atoms with E-state index in [1.807, 2.05) is 0 Å². The molecule has 0 spiro atoms. The zero-order chi connectivity index (χ0) is 14.0. The number of hydrogen-bond donors (Lipinski definition) is 2. The summed E-state index contributed by atoms with van der Waals surface area (Å²) in [7, 11) is -3.73. The molecule has 0 aliphatic carbocycles. The number of nitrogens with one attached hydrogen (secondary N) is 2. The Balaban J connectivity index is 2.22. The van der Waals surface area contributed by atoms with E-state index in [0.717, 1.165) is 12.0 Å². The Bertz CT molecular complexity index is 601. The largest absolute Gasteiger partial charge is 0.355 e. The number of aryl methyl sites for hydroxylation is 1. The Morgan fingerprint density at radius 2 is 2.16 bits per heavy atom. The molecule has 1 atom stereocenters. The third-order valence-electron chi connectivity index (χ3n) is 3.04. The van der Waals surface area contributed by atoms with Gasteiger partial charge in [0.1, 0.15) is 6.04 Å². The molecule has 0 saturated carbocycles. The molecule has 2 rings (SSSR count). The maximum Gasteiger partial charge on any atom is 0.241 e. The standard InChI is InChI=1S/C12H15ClN2O3S/c1-8-4-5-9(7-10(8)13)19(17,18)15-11-3-2-6-14-12(11)16/h4-5,7,11,15H,2-3,6H2,1H3,(H,14,16). The fraction of sp³-hybridized carbons (Fsp3) is 0.417. The third-order valence-corrected chi connectivity index (χ3v) is 4.91. The predicted octanol–water partition coefficient (Wildman–Crippen LogP) is 1.21. The molecule has 1 fully saturated rings. The van der Waals surface area contributed by atoms with Gasteiger partial charge in [-0.2, -0.15) is 4.72 Å². The van der Waals surface area contributed by atoms with Crippen molar-refractivity contribution in [2.75, 3.05) is 6.54 Å². The molecule has 1 unspecified atom stereocenters. The van der Waals surface area contributed by atoms with Crippen LogP contribution in [0.15, 0.2) is 23.1 Å². The molecule has 7 heteroatoms. The molecule has 19 heavy (non-hydrogen) atoms. The molecule has 1 heterocycles. The second-order valence-electron chi connectivity index (χ2n) is 4.52. The van der Waals surface area contributed by atoms with Gasteiger partial charge in [-0.25, -0.2) is 8.42 Å². The van der Waals surface area contributed by atoms with E-state index in [1.165, 1.54) is 12.1 Å². The summed E-state index contributed by atoms with van der Waals surface area (Å²) in [5.41, 5.74) is 0.802. The number of amides is 1. The number of hydrogen-bond acceptors (Lipinski definition) is 3. The summed E-state index contributed by atoms with van der Waals surface area (Å²) in [5.74, 6) is -0.284. The van der Waals surface area contributed by atoms with E-state index in [9.17, 15) is 13.2 Å². The van der Waals surface area contributed by atoms with Crippen molar-refractivity contribution < 1.29 is 13.2 Å². The molecule has 1 saturated heterocycles. The second kappa shape index (κ2) is 5.48. The van der Waals surface area contributed by atoms with E-state index in [0.29, 0.717) is 18.0 Å². The van der Waals surface area contributed by atoms with Gasteiger partial charge in [0.15, 0.2) is 0 Å². The van der Waals surface area contributed by atoms with Gasteiger partial charge in [-0.05, 0) is 37.5 Å². The van der Waals surface area contributed by atoms with Crippen molar-refractivity contribution in [1.29, 1.82) is 0 Å². The van der Waals surface area contributed by atoms with Crippen LogP contribution in [0, 0.1) is 6.92 Å². The van der Waals surface area contributed by atoms with Crippen LogP contribution in [0.4, 0.5) is 0 Å². The lowest BCUT2D eigenvalue weighted by molar-refractivity contribution is -0.124. The van der Waals surface area contributed by atoms with Crippen LogP contribution >= 0.6 is 11.6 Å². The minimum absolute atomic E-state index is 0.0708. The summed E-state index contributed by atoms with van der Waals surface area (Å²) in [6.45, 7) is 2.38. The minimum Gasteiger partial charge on any atom is -0.355 e. The fourth-order valence-electron chi connectivity index (χ4n) is 1.88. The van der Waals surface area contributed by atoms with E-state index in [-0.39, 0.29) is 10.8 Å². The van der Waals surface area contributed by atoms with Crippen LogP contribution in [-0.2, 0) is 14.8 Å². The molecule has 5 nitrogen and oxygen atoms in total. The molecule has 0 bridgehead atoms. The topological polar surface area (TPSA) is 75.3 Å². The Hall–Kier alpha value is -1.11. The monoisotopic (exact) mass is 302 g/mol. The molecule has 1 aromatic rings. The van der Waals surface area contributed by atoms with Gasteiger partial charge in [-0.1, -0.05) is 17.7 Å². The molecule has 1 aliphatic heterocycles. The Morgan fingerprint density at radius 1 is 1.42 bits per heavy atom. The number of carbonyl (C=O) groups is 1. The van der Waals surface area contributed by atoms with Gasteiger partial charge in [0, 0.05) is 11.6 Å². The summed E-state index contributed by atoms with van der Waals surface area (Å²) in [5, 5.41) is 3.02. The highest BCUT2D eigenvalue weighted by atomic mass is 35.5. The van der Waals surface area contributed by atoms with Crippen LogP contribution in [0.2, 0.25) is 5.02 Å². The summed E-state index contributed by atoms with van der Waals surface area (Å²) in [4.78, 5) is 11.6. The molecular weight excluding hydrogens is 288 g/mol. The summed E-state index contributed by atoms with van der Waals surface area (Å²) in [6.07, 6.45) is 1.26. The molecule has 2 N–H and O–H groups in total. The maximum absolute atomic E-state index is 12.2. The zero-order valence-corrected chi connectivity index (χ0v) is 12.0. The highest BCUT2D eigenvalue weighted by molar-refractivity contribution is 7.89. The Labute approximate surface area is 117 Å². The van der Waals surface area contributed by atoms with Gasteiger partial charge in [0.25, 0.3) is 0 Å². The SMILES string of the molecule is Cc1ccc(S(=O)(=O)NC2CCCNC2=O)cc1Cl. The number of piperidine rings is 1. The first-order chi connectivity index (χ1) is 8.90. The lowest BCUT2D eigenvalue weighted by atomic mass is 10.1. The molecular formula is C12H15ClN2O3S. The Morgan fingerprint density at radius 3 is 2.79 bits per heavy atom.